The molecule has 0 heterocycles. The van der Waals surface area contributed by atoms with Gasteiger partial charge < -0.3 is 10.6 Å². The zero-order valence-electron chi connectivity index (χ0n) is 9.59. The largest absolute Gasteiger partial charge is 0.323 e. The van der Waals surface area contributed by atoms with E-state index in [1.165, 1.54) is 18.2 Å². The summed E-state index contributed by atoms with van der Waals surface area (Å²) in [5.74, 6) is -0.979. The van der Waals surface area contributed by atoms with Crippen LogP contribution in [0.5, 0.6) is 0 Å². The van der Waals surface area contributed by atoms with E-state index in [1.807, 2.05) is 0 Å². The van der Waals surface area contributed by atoms with Crippen molar-refractivity contribution in [2.45, 2.75) is 6.92 Å². The van der Waals surface area contributed by atoms with Gasteiger partial charge in [-0.05, 0) is 25.2 Å². The number of anilines is 1. The fourth-order valence-corrected chi connectivity index (χ4v) is 1.40. The maximum atomic E-state index is 13.3. The number of hydrogen-bond donors (Lipinski definition) is 2. The van der Waals surface area contributed by atoms with Crippen LogP contribution >= 0.6 is 24.0 Å². The molecule has 1 rings (SSSR count). The second-order valence-electron chi connectivity index (χ2n) is 3.57. The molecule has 0 bridgehead atoms. The van der Waals surface area contributed by atoms with Crippen LogP contribution in [0, 0.1) is 11.7 Å². The number of nitrogens with one attached hydrogen (secondary N) is 2. The standard InChI is InChI=1S/C11H14ClFN2O.ClH/c1-7(6-14-2)11(16)15-10-4-3-8(12)5-9(10)13;/h3-5,7,14H,6H2,1-2H3,(H,15,16);1H. The van der Waals surface area contributed by atoms with Crippen LogP contribution in [0.4, 0.5) is 10.1 Å². The molecule has 0 radical (unpaired) electrons. The topological polar surface area (TPSA) is 41.1 Å². The van der Waals surface area contributed by atoms with Crippen molar-refractivity contribution < 1.29 is 9.18 Å². The monoisotopic (exact) mass is 280 g/mol. The van der Waals surface area contributed by atoms with E-state index in [9.17, 15) is 9.18 Å². The molecule has 2 N–H and O–H groups in total. The molecule has 0 saturated carbocycles. The number of halogens is 3. The Labute approximate surface area is 111 Å². The van der Waals surface area contributed by atoms with Crippen LogP contribution in [0.2, 0.25) is 5.02 Å². The molecule has 0 aliphatic heterocycles. The molecule has 1 unspecified atom stereocenters. The van der Waals surface area contributed by atoms with Gasteiger partial charge in [0.15, 0.2) is 0 Å². The Kier molecular flexibility index (Phi) is 7.11. The van der Waals surface area contributed by atoms with E-state index in [4.69, 9.17) is 11.6 Å². The minimum Gasteiger partial charge on any atom is -0.323 e. The van der Waals surface area contributed by atoms with E-state index < -0.39 is 5.82 Å². The highest BCUT2D eigenvalue weighted by Gasteiger charge is 2.13. The number of carbonyl (C=O) groups excluding carboxylic acids is 1. The summed E-state index contributed by atoms with van der Waals surface area (Å²) >= 11 is 5.60. The number of rotatable bonds is 4. The third kappa shape index (κ3) is 4.89. The van der Waals surface area contributed by atoms with Crippen molar-refractivity contribution >= 4 is 35.6 Å². The summed E-state index contributed by atoms with van der Waals surface area (Å²) in [4.78, 5) is 11.6. The smallest absolute Gasteiger partial charge is 0.228 e. The van der Waals surface area contributed by atoms with Crippen LogP contribution in [-0.4, -0.2) is 19.5 Å². The van der Waals surface area contributed by atoms with Gasteiger partial charge in [-0.25, -0.2) is 4.39 Å². The first-order valence-corrected chi connectivity index (χ1v) is 5.33. The van der Waals surface area contributed by atoms with Crippen molar-refractivity contribution in [3.63, 3.8) is 0 Å². The number of carbonyl (C=O) groups is 1. The molecular formula is C11H15Cl2FN2O. The molecule has 96 valence electrons. The first-order valence-electron chi connectivity index (χ1n) is 4.95. The molecule has 17 heavy (non-hydrogen) atoms. The Morgan fingerprint density at radius 3 is 2.71 bits per heavy atom. The quantitative estimate of drug-likeness (QED) is 0.891. The van der Waals surface area contributed by atoms with Crippen molar-refractivity contribution in [2.24, 2.45) is 5.92 Å². The summed E-state index contributed by atoms with van der Waals surface area (Å²) < 4.78 is 13.3. The number of benzene rings is 1. The predicted molar refractivity (Wildman–Crippen MR) is 70.4 cm³/mol. The minimum absolute atomic E-state index is 0. The van der Waals surface area contributed by atoms with E-state index in [0.29, 0.717) is 11.6 Å². The fourth-order valence-electron chi connectivity index (χ4n) is 1.25. The van der Waals surface area contributed by atoms with Crippen LogP contribution in [0.3, 0.4) is 0 Å². The van der Waals surface area contributed by atoms with Crippen molar-refractivity contribution in [1.82, 2.24) is 5.32 Å². The molecule has 0 fully saturated rings. The zero-order valence-corrected chi connectivity index (χ0v) is 11.2. The van der Waals surface area contributed by atoms with Gasteiger partial charge in [-0.3, -0.25) is 4.79 Å². The summed E-state index contributed by atoms with van der Waals surface area (Å²) in [6.07, 6.45) is 0. The lowest BCUT2D eigenvalue weighted by atomic mass is 10.1. The Hall–Kier alpha value is -0.840. The van der Waals surface area contributed by atoms with E-state index in [-0.39, 0.29) is 29.9 Å². The highest BCUT2D eigenvalue weighted by Crippen LogP contribution is 2.19. The summed E-state index contributed by atoms with van der Waals surface area (Å²) in [6.45, 7) is 2.31. The summed E-state index contributed by atoms with van der Waals surface area (Å²) in [5.41, 5.74) is 0.150. The van der Waals surface area contributed by atoms with E-state index in [2.05, 4.69) is 10.6 Å². The second-order valence-corrected chi connectivity index (χ2v) is 4.01. The Morgan fingerprint density at radius 1 is 1.53 bits per heavy atom. The van der Waals surface area contributed by atoms with Gasteiger partial charge in [-0.1, -0.05) is 18.5 Å². The van der Waals surface area contributed by atoms with Crippen LogP contribution in [0.1, 0.15) is 6.92 Å². The molecule has 0 saturated heterocycles. The maximum Gasteiger partial charge on any atom is 0.228 e. The third-order valence-electron chi connectivity index (χ3n) is 2.15. The van der Waals surface area contributed by atoms with E-state index in [1.54, 1.807) is 14.0 Å². The minimum atomic E-state index is -0.530. The lowest BCUT2D eigenvalue weighted by Gasteiger charge is -2.12. The average Bonchev–Trinajstić information content (AvgIpc) is 2.22. The van der Waals surface area contributed by atoms with E-state index in [0.717, 1.165) is 0 Å². The van der Waals surface area contributed by atoms with Gasteiger partial charge in [0.05, 0.1) is 5.69 Å². The molecule has 6 heteroatoms. The molecule has 1 atom stereocenters. The predicted octanol–water partition coefficient (Wildman–Crippen LogP) is 2.69. The number of amides is 1. The second kappa shape index (κ2) is 7.48. The maximum absolute atomic E-state index is 13.3. The number of hydrogen-bond acceptors (Lipinski definition) is 2. The zero-order chi connectivity index (χ0) is 12.1. The molecular weight excluding hydrogens is 266 g/mol. The van der Waals surface area contributed by atoms with E-state index >= 15 is 0 Å². The Balaban J connectivity index is 0.00000256. The highest BCUT2D eigenvalue weighted by molar-refractivity contribution is 6.30. The van der Waals surface area contributed by atoms with Gasteiger partial charge in [0.1, 0.15) is 5.82 Å². The first kappa shape index (κ1) is 16.2. The lowest BCUT2D eigenvalue weighted by molar-refractivity contribution is -0.119. The van der Waals surface area contributed by atoms with Gasteiger partial charge in [0.2, 0.25) is 5.91 Å². The fraction of sp³-hybridized carbons (Fsp3) is 0.364. The third-order valence-corrected chi connectivity index (χ3v) is 2.38. The van der Waals surface area contributed by atoms with Gasteiger partial charge in [-0.15, -0.1) is 12.4 Å². The van der Waals surface area contributed by atoms with Crippen LogP contribution in [0.25, 0.3) is 0 Å². The van der Waals surface area contributed by atoms with Crippen molar-refractivity contribution in [3.8, 4) is 0 Å². The highest BCUT2D eigenvalue weighted by atomic mass is 35.5. The Morgan fingerprint density at radius 2 is 2.18 bits per heavy atom. The first-order chi connectivity index (χ1) is 7.54. The molecule has 0 aliphatic carbocycles. The normalized spacial score (nSPS) is 11.5. The summed E-state index contributed by atoms with van der Waals surface area (Å²) in [7, 11) is 1.76. The van der Waals surface area contributed by atoms with Crippen LogP contribution < -0.4 is 10.6 Å². The van der Waals surface area contributed by atoms with Gasteiger partial charge in [-0.2, -0.15) is 0 Å². The van der Waals surface area contributed by atoms with Crippen LogP contribution in [-0.2, 0) is 4.79 Å². The average molecular weight is 281 g/mol. The van der Waals surface area contributed by atoms with Gasteiger partial charge in [0, 0.05) is 17.5 Å². The van der Waals surface area contributed by atoms with Crippen molar-refractivity contribution in [1.29, 1.82) is 0 Å². The molecule has 1 aromatic carbocycles. The van der Waals surface area contributed by atoms with Crippen molar-refractivity contribution in [3.05, 3.63) is 29.0 Å². The molecule has 3 nitrogen and oxygen atoms in total. The molecule has 0 aliphatic rings. The summed E-state index contributed by atoms with van der Waals surface area (Å²) in [5, 5.41) is 5.70. The van der Waals surface area contributed by atoms with Gasteiger partial charge >= 0.3 is 0 Å². The lowest BCUT2D eigenvalue weighted by Crippen LogP contribution is -2.28. The molecule has 0 spiro atoms. The molecule has 0 aromatic heterocycles. The molecule has 1 amide bonds. The summed E-state index contributed by atoms with van der Waals surface area (Å²) in [6, 6.07) is 4.14. The van der Waals surface area contributed by atoms with Crippen molar-refractivity contribution in [2.75, 3.05) is 18.9 Å². The SMILES string of the molecule is CNCC(C)C(=O)Nc1ccc(Cl)cc1F.Cl. The van der Waals surface area contributed by atoms with Crippen LogP contribution in [0.15, 0.2) is 18.2 Å². The molecule has 1 aromatic rings. The van der Waals surface area contributed by atoms with Gasteiger partial charge in [0.25, 0.3) is 0 Å². The Bertz CT molecular complexity index is 388.